The Morgan fingerprint density at radius 2 is 2.00 bits per heavy atom. The average Bonchev–Trinajstić information content (AvgIpc) is 2.82. The molecule has 2 amide bonds. The zero-order chi connectivity index (χ0) is 15.0. The van der Waals surface area contributed by atoms with Crippen molar-refractivity contribution in [3.63, 3.8) is 0 Å². The number of hydrogen-bond acceptors (Lipinski definition) is 2. The van der Waals surface area contributed by atoms with Gasteiger partial charge in [0, 0.05) is 33.1 Å². The van der Waals surface area contributed by atoms with Gasteiger partial charge in [-0.1, -0.05) is 29.8 Å². The number of nitrogens with zero attached hydrogens (tertiary/aromatic N) is 2. The normalized spacial score (nSPS) is 25.1. The molecule has 1 aromatic rings. The van der Waals surface area contributed by atoms with E-state index >= 15 is 0 Å². The molecule has 0 spiro atoms. The highest BCUT2D eigenvalue weighted by molar-refractivity contribution is 5.80. The highest BCUT2D eigenvalue weighted by Gasteiger charge is 2.40. The average molecular weight is 286 g/mol. The molecule has 0 bridgehead atoms. The molecule has 2 saturated heterocycles. The predicted octanol–water partition coefficient (Wildman–Crippen LogP) is 1.47. The van der Waals surface area contributed by atoms with Crippen LogP contribution < -0.4 is 0 Å². The van der Waals surface area contributed by atoms with Crippen molar-refractivity contribution in [2.45, 2.75) is 19.8 Å². The Morgan fingerprint density at radius 1 is 1.24 bits per heavy atom. The third-order valence-corrected chi connectivity index (χ3v) is 4.74. The standard InChI is InChI=1S/C17H22N2O2/c1-12-4-3-5-13(6-12)7-17(21)19-10-14-8-16(20)18(2)9-15(14)11-19/h3-6,14-15H,7-11H2,1-2H3/t14-,15+/m0/s1. The Hall–Kier alpha value is -1.84. The van der Waals surface area contributed by atoms with Crippen molar-refractivity contribution in [3.05, 3.63) is 35.4 Å². The van der Waals surface area contributed by atoms with Crippen molar-refractivity contribution >= 4 is 11.8 Å². The van der Waals surface area contributed by atoms with Crippen LogP contribution in [0.2, 0.25) is 0 Å². The van der Waals surface area contributed by atoms with Crippen molar-refractivity contribution in [1.29, 1.82) is 0 Å². The van der Waals surface area contributed by atoms with Crippen LogP contribution in [-0.2, 0) is 16.0 Å². The Labute approximate surface area is 125 Å². The van der Waals surface area contributed by atoms with Gasteiger partial charge in [0.15, 0.2) is 0 Å². The number of benzene rings is 1. The van der Waals surface area contributed by atoms with Gasteiger partial charge in [0.25, 0.3) is 0 Å². The number of fused-ring (bicyclic) bond motifs is 1. The number of likely N-dealkylation sites (tertiary alicyclic amines) is 2. The van der Waals surface area contributed by atoms with Crippen molar-refractivity contribution in [2.24, 2.45) is 11.8 Å². The summed E-state index contributed by atoms with van der Waals surface area (Å²) >= 11 is 0. The molecule has 2 aliphatic rings. The summed E-state index contributed by atoms with van der Waals surface area (Å²) in [4.78, 5) is 28.0. The Balaban J connectivity index is 1.63. The topological polar surface area (TPSA) is 40.6 Å². The van der Waals surface area contributed by atoms with E-state index in [1.807, 2.05) is 37.1 Å². The first-order valence-corrected chi connectivity index (χ1v) is 7.60. The lowest BCUT2D eigenvalue weighted by Gasteiger charge is -2.30. The minimum Gasteiger partial charge on any atom is -0.345 e. The van der Waals surface area contributed by atoms with E-state index in [-0.39, 0.29) is 11.8 Å². The quantitative estimate of drug-likeness (QED) is 0.826. The monoisotopic (exact) mass is 286 g/mol. The molecule has 112 valence electrons. The molecule has 0 unspecified atom stereocenters. The van der Waals surface area contributed by atoms with Gasteiger partial charge >= 0.3 is 0 Å². The Morgan fingerprint density at radius 3 is 2.76 bits per heavy atom. The van der Waals surface area contributed by atoms with Crippen LogP contribution in [0.1, 0.15) is 17.5 Å². The van der Waals surface area contributed by atoms with Gasteiger partial charge in [-0.3, -0.25) is 9.59 Å². The lowest BCUT2D eigenvalue weighted by molar-refractivity contribution is -0.134. The van der Waals surface area contributed by atoms with Crippen LogP contribution in [-0.4, -0.2) is 48.3 Å². The summed E-state index contributed by atoms with van der Waals surface area (Å²) in [5, 5.41) is 0. The van der Waals surface area contributed by atoms with Crippen LogP contribution in [0.15, 0.2) is 24.3 Å². The molecule has 2 fully saturated rings. The maximum absolute atomic E-state index is 12.5. The third kappa shape index (κ3) is 2.94. The summed E-state index contributed by atoms with van der Waals surface area (Å²) in [6.07, 6.45) is 1.06. The molecule has 0 radical (unpaired) electrons. The Kier molecular flexibility index (Phi) is 3.70. The molecular formula is C17H22N2O2. The van der Waals surface area contributed by atoms with Crippen molar-refractivity contribution in [3.8, 4) is 0 Å². The summed E-state index contributed by atoms with van der Waals surface area (Å²) in [6.45, 7) is 4.37. The molecule has 0 saturated carbocycles. The summed E-state index contributed by atoms with van der Waals surface area (Å²) < 4.78 is 0. The van der Waals surface area contributed by atoms with Crippen molar-refractivity contribution in [2.75, 3.05) is 26.7 Å². The van der Waals surface area contributed by atoms with Gasteiger partial charge < -0.3 is 9.80 Å². The molecule has 2 aliphatic heterocycles. The van der Waals surface area contributed by atoms with Crippen LogP contribution in [0.3, 0.4) is 0 Å². The molecule has 0 aliphatic carbocycles. The van der Waals surface area contributed by atoms with Crippen LogP contribution in [0.5, 0.6) is 0 Å². The summed E-state index contributed by atoms with van der Waals surface area (Å²) in [5.74, 6) is 1.21. The van der Waals surface area contributed by atoms with Gasteiger partial charge in [0.1, 0.15) is 0 Å². The second-order valence-corrected chi connectivity index (χ2v) is 6.46. The van der Waals surface area contributed by atoms with E-state index in [1.54, 1.807) is 4.90 Å². The van der Waals surface area contributed by atoms with Gasteiger partial charge in [-0.05, 0) is 24.3 Å². The smallest absolute Gasteiger partial charge is 0.227 e. The maximum atomic E-state index is 12.5. The van der Waals surface area contributed by atoms with Crippen LogP contribution in [0.25, 0.3) is 0 Å². The maximum Gasteiger partial charge on any atom is 0.227 e. The van der Waals surface area contributed by atoms with E-state index in [1.165, 1.54) is 5.56 Å². The molecule has 0 N–H and O–H groups in total. The molecule has 3 rings (SSSR count). The van der Waals surface area contributed by atoms with Gasteiger partial charge in [-0.2, -0.15) is 0 Å². The second-order valence-electron chi connectivity index (χ2n) is 6.46. The molecule has 0 aromatic heterocycles. The number of aryl methyl sites for hydroxylation is 1. The first-order chi connectivity index (χ1) is 10.0. The van der Waals surface area contributed by atoms with Crippen molar-refractivity contribution in [1.82, 2.24) is 9.80 Å². The first-order valence-electron chi connectivity index (χ1n) is 7.60. The van der Waals surface area contributed by atoms with Crippen molar-refractivity contribution < 1.29 is 9.59 Å². The number of carbonyl (C=O) groups excluding carboxylic acids is 2. The molecule has 4 nitrogen and oxygen atoms in total. The second kappa shape index (κ2) is 5.51. The minimum atomic E-state index is 0.185. The van der Waals surface area contributed by atoms with Crippen LogP contribution in [0.4, 0.5) is 0 Å². The summed E-state index contributed by atoms with van der Waals surface area (Å²) in [7, 11) is 1.86. The lowest BCUT2D eigenvalue weighted by Crippen LogP contribution is -2.41. The Bertz CT molecular complexity index is 570. The van der Waals surface area contributed by atoms with E-state index < -0.39 is 0 Å². The first kappa shape index (κ1) is 14.1. The number of carbonyl (C=O) groups is 2. The van der Waals surface area contributed by atoms with Gasteiger partial charge in [-0.15, -0.1) is 0 Å². The SMILES string of the molecule is Cc1cccc(CC(=O)N2C[C@H]3CN(C)C(=O)C[C@H]3C2)c1. The molecule has 4 heteroatoms. The lowest BCUT2D eigenvalue weighted by atomic mass is 9.88. The van der Waals surface area contributed by atoms with E-state index in [9.17, 15) is 9.59 Å². The molecular weight excluding hydrogens is 264 g/mol. The predicted molar refractivity (Wildman–Crippen MR) is 80.7 cm³/mol. The number of amides is 2. The summed E-state index contributed by atoms with van der Waals surface area (Å²) in [5.41, 5.74) is 2.26. The highest BCUT2D eigenvalue weighted by Crippen LogP contribution is 2.31. The van der Waals surface area contributed by atoms with E-state index in [2.05, 4.69) is 6.07 Å². The molecule has 2 heterocycles. The molecule has 2 atom stereocenters. The molecule has 21 heavy (non-hydrogen) atoms. The minimum absolute atomic E-state index is 0.185. The van der Waals surface area contributed by atoms with Gasteiger partial charge in [0.05, 0.1) is 6.42 Å². The van der Waals surface area contributed by atoms with E-state index in [4.69, 9.17) is 0 Å². The fraction of sp³-hybridized carbons (Fsp3) is 0.529. The van der Waals surface area contributed by atoms with E-state index in [0.29, 0.717) is 24.7 Å². The highest BCUT2D eigenvalue weighted by atomic mass is 16.2. The molecule has 1 aromatic carbocycles. The van der Waals surface area contributed by atoms with Crippen LogP contribution >= 0.6 is 0 Å². The zero-order valence-electron chi connectivity index (χ0n) is 12.7. The number of hydrogen-bond donors (Lipinski definition) is 0. The van der Waals surface area contributed by atoms with E-state index in [0.717, 1.165) is 25.2 Å². The van der Waals surface area contributed by atoms with Crippen LogP contribution in [0, 0.1) is 18.8 Å². The number of piperidine rings is 1. The largest absolute Gasteiger partial charge is 0.345 e. The fourth-order valence-electron chi connectivity index (χ4n) is 3.52. The van der Waals surface area contributed by atoms with Gasteiger partial charge in [0.2, 0.25) is 11.8 Å². The fourth-order valence-corrected chi connectivity index (χ4v) is 3.52. The third-order valence-electron chi connectivity index (χ3n) is 4.74. The summed E-state index contributed by atoms with van der Waals surface area (Å²) in [6, 6.07) is 8.11. The van der Waals surface area contributed by atoms with Gasteiger partial charge in [-0.25, -0.2) is 0 Å². The number of rotatable bonds is 2. The zero-order valence-corrected chi connectivity index (χ0v) is 12.7.